The van der Waals surface area contributed by atoms with Crippen LogP contribution in [0.25, 0.3) is 10.9 Å². The van der Waals surface area contributed by atoms with Gasteiger partial charge in [-0.2, -0.15) is 4.73 Å². The molecule has 0 bridgehead atoms. The molecular formula is C21H23ClN4O2. The molecule has 0 spiro atoms. The van der Waals surface area contributed by atoms with Gasteiger partial charge in [0, 0.05) is 54.9 Å². The molecule has 1 fully saturated rings. The molecule has 2 heterocycles. The van der Waals surface area contributed by atoms with Gasteiger partial charge in [0.1, 0.15) is 5.75 Å². The fraction of sp³-hybridized carbons (Fsp3) is 0.286. The van der Waals surface area contributed by atoms with E-state index in [-0.39, 0.29) is 5.75 Å². The molecule has 1 aliphatic rings. The lowest BCUT2D eigenvalue weighted by Crippen LogP contribution is -2.43. The van der Waals surface area contributed by atoms with Crippen molar-refractivity contribution in [2.75, 3.05) is 33.2 Å². The zero-order valence-electron chi connectivity index (χ0n) is 15.7. The van der Waals surface area contributed by atoms with Crippen molar-refractivity contribution in [3.05, 3.63) is 64.6 Å². The second-order valence-corrected chi connectivity index (χ2v) is 7.65. The average Bonchev–Trinajstić information content (AvgIpc) is 2.68. The van der Waals surface area contributed by atoms with E-state index in [1.54, 1.807) is 36.5 Å². The fourth-order valence-electron chi connectivity index (χ4n) is 3.47. The minimum Gasteiger partial charge on any atom is -0.508 e. The first-order valence-corrected chi connectivity index (χ1v) is 9.65. The van der Waals surface area contributed by atoms with E-state index in [0.29, 0.717) is 17.1 Å². The number of likely N-dealkylation sites (N-methyl/N-ethyl adjacent to an activating group) is 1. The summed E-state index contributed by atoms with van der Waals surface area (Å²) < 4.78 is 1.04. The number of rotatable bonds is 3. The third kappa shape index (κ3) is 3.99. The number of piperazine rings is 1. The molecule has 28 heavy (non-hydrogen) atoms. The Bertz CT molecular complexity index is 1070. The second kappa shape index (κ2) is 7.83. The first-order chi connectivity index (χ1) is 13.5. The van der Waals surface area contributed by atoms with E-state index in [4.69, 9.17) is 16.6 Å². The van der Waals surface area contributed by atoms with Crippen molar-refractivity contribution in [2.45, 2.75) is 6.54 Å². The van der Waals surface area contributed by atoms with Gasteiger partial charge < -0.3 is 15.2 Å². The number of phenols is 1. The van der Waals surface area contributed by atoms with Crippen molar-refractivity contribution < 1.29 is 10.3 Å². The normalized spacial score (nSPS) is 16.7. The van der Waals surface area contributed by atoms with Crippen molar-refractivity contribution in [2.24, 2.45) is 4.99 Å². The molecule has 0 amide bonds. The molecule has 0 atom stereocenters. The molecule has 1 aliphatic heterocycles. The summed E-state index contributed by atoms with van der Waals surface area (Å²) in [6.45, 7) is 4.73. The largest absolute Gasteiger partial charge is 0.508 e. The maximum atomic E-state index is 10.3. The van der Waals surface area contributed by atoms with Gasteiger partial charge in [-0.05, 0) is 49.5 Å². The Morgan fingerprint density at radius 3 is 2.61 bits per heavy atom. The van der Waals surface area contributed by atoms with Gasteiger partial charge in [-0.1, -0.05) is 11.6 Å². The van der Waals surface area contributed by atoms with Gasteiger partial charge in [0.05, 0.1) is 16.6 Å². The van der Waals surface area contributed by atoms with Crippen LogP contribution < -0.4 is 5.36 Å². The molecular weight excluding hydrogens is 376 g/mol. The minimum absolute atomic E-state index is 0.288. The Balaban J connectivity index is 1.69. The number of fused-ring (bicyclic) bond motifs is 1. The van der Waals surface area contributed by atoms with Crippen molar-refractivity contribution in [1.29, 1.82) is 0 Å². The van der Waals surface area contributed by atoms with Crippen molar-refractivity contribution in [3.63, 3.8) is 0 Å². The van der Waals surface area contributed by atoms with E-state index in [0.717, 1.165) is 52.9 Å². The third-order valence-corrected chi connectivity index (χ3v) is 5.39. The Hall–Kier alpha value is -2.54. The average molecular weight is 399 g/mol. The highest BCUT2D eigenvalue weighted by Gasteiger charge is 2.15. The van der Waals surface area contributed by atoms with Crippen LogP contribution in [-0.4, -0.2) is 58.1 Å². The van der Waals surface area contributed by atoms with E-state index in [9.17, 15) is 10.3 Å². The van der Waals surface area contributed by atoms with E-state index >= 15 is 0 Å². The summed E-state index contributed by atoms with van der Waals surface area (Å²) in [5.74, 6) is 0.288. The molecule has 0 unspecified atom stereocenters. The smallest absolute Gasteiger partial charge is 0.120 e. The van der Waals surface area contributed by atoms with Crippen LogP contribution in [0.5, 0.6) is 5.75 Å². The number of phenolic OH excluding ortho intramolecular Hbond substituents is 1. The lowest BCUT2D eigenvalue weighted by atomic mass is 10.1. The Morgan fingerprint density at radius 2 is 1.82 bits per heavy atom. The monoisotopic (exact) mass is 398 g/mol. The number of halogens is 1. The third-order valence-electron chi connectivity index (χ3n) is 5.16. The van der Waals surface area contributed by atoms with E-state index in [2.05, 4.69) is 16.8 Å². The zero-order chi connectivity index (χ0) is 19.7. The number of hydrogen-bond acceptors (Lipinski definition) is 5. The van der Waals surface area contributed by atoms with E-state index in [1.165, 1.54) is 0 Å². The van der Waals surface area contributed by atoms with Crippen molar-refractivity contribution in [1.82, 2.24) is 14.5 Å². The van der Waals surface area contributed by atoms with Crippen LogP contribution in [-0.2, 0) is 6.54 Å². The molecule has 146 valence electrons. The molecule has 4 rings (SSSR count). The van der Waals surface area contributed by atoms with Gasteiger partial charge in [-0.3, -0.25) is 4.90 Å². The van der Waals surface area contributed by atoms with Gasteiger partial charge in [0.15, 0.2) is 0 Å². The molecule has 0 radical (unpaired) electrons. The summed E-state index contributed by atoms with van der Waals surface area (Å²) in [6, 6.07) is 12.5. The Morgan fingerprint density at radius 1 is 1.04 bits per heavy atom. The molecule has 2 N–H and O–H groups in total. The highest BCUT2D eigenvalue weighted by atomic mass is 35.5. The topological polar surface area (TPSA) is 64.2 Å². The van der Waals surface area contributed by atoms with Gasteiger partial charge in [0.2, 0.25) is 0 Å². The van der Waals surface area contributed by atoms with E-state index in [1.807, 2.05) is 12.1 Å². The number of hydrogen-bond donors (Lipinski definition) is 2. The number of benzene rings is 2. The SMILES string of the molecule is CN1CCN(Cc2cc(N=c3ccn(O)c4cc(Cl)ccc34)ccc2O)CC1. The molecule has 1 saturated heterocycles. The molecule has 3 aromatic rings. The van der Waals surface area contributed by atoms with E-state index < -0.39 is 0 Å². The first kappa shape index (κ1) is 18.8. The summed E-state index contributed by atoms with van der Waals surface area (Å²) in [4.78, 5) is 9.39. The highest BCUT2D eigenvalue weighted by molar-refractivity contribution is 6.31. The quantitative estimate of drug-likeness (QED) is 0.665. The molecule has 2 aromatic carbocycles. The predicted molar refractivity (Wildman–Crippen MR) is 110 cm³/mol. The first-order valence-electron chi connectivity index (χ1n) is 9.27. The van der Waals surface area contributed by atoms with Crippen LogP contribution in [0.3, 0.4) is 0 Å². The lowest BCUT2D eigenvalue weighted by molar-refractivity contribution is 0.147. The van der Waals surface area contributed by atoms with Crippen LogP contribution >= 0.6 is 11.6 Å². The summed E-state index contributed by atoms with van der Waals surface area (Å²) in [5, 5.41) is 22.4. The maximum Gasteiger partial charge on any atom is 0.120 e. The maximum absolute atomic E-state index is 10.3. The summed E-state index contributed by atoms with van der Waals surface area (Å²) in [6.07, 6.45) is 1.54. The summed E-state index contributed by atoms with van der Waals surface area (Å²) in [5.41, 5.74) is 2.21. The summed E-state index contributed by atoms with van der Waals surface area (Å²) >= 11 is 6.05. The Labute approximate surface area is 168 Å². The van der Waals surface area contributed by atoms with Crippen LogP contribution in [0.2, 0.25) is 5.02 Å². The highest BCUT2D eigenvalue weighted by Crippen LogP contribution is 2.25. The van der Waals surface area contributed by atoms with Gasteiger partial charge in [0.25, 0.3) is 0 Å². The summed E-state index contributed by atoms with van der Waals surface area (Å²) in [7, 11) is 2.13. The number of pyridine rings is 1. The van der Waals surface area contributed by atoms with Crippen LogP contribution in [0, 0.1) is 0 Å². The van der Waals surface area contributed by atoms with Crippen molar-refractivity contribution in [3.8, 4) is 5.75 Å². The molecule has 0 aliphatic carbocycles. The number of aromatic nitrogens is 1. The van der Waals surface area contributed by atoms with Gasteiger partial charge in [-0.15, -0.1) is 0 Å². The van der Waals surface area contributed by atoms with Gasteiger partial charge >= 0.3 is 0 Å². The molecule has 0 saturated carbocycles. The fourth-order valence-corrected chi connectivity index (χ4v) is 3.64. The molecule has 7 heteroatoms. The molecule has 6 nitrogen and oxygen atoms in total. The predicted octanol–water partition coefficient (Wildman–Crippen LogP) is 3.22. The van der Waals surface area contributed by atoms with Crippen molar-refractivity contribution >= 4 is 28.2 Å². The van der Waals surface area contributed by atoms with Crippen LogP contribution in [0.1, 0.15) is 5.56 Å². The second-order valence-electron chi connectivity index (χ2n) is 7.21. The van der Waals surface area contributed by atoms with Crippen LogP contribution in [0.4, 0.5) is 5.69 Å². The number of nitrogens with zero attached hydrogens (tertiary/aromatic N) is 4. The Kier molecular flexibility index (Phi) is 5.26. The molecule has 1 aromatic heterocycles. The van der Waals surface area contributed by atoms with Crippen LogP contribution in [0.15, 0.2) is 53.7 Å². The standard InChI is InChI=1S/C21H23ClN4O2/c1-24-8-10-25(11-9-24)14-15-12-17(3-5-21(15)27)23-19-6-7-26(28)20-13-16(22)2-4-18(19)20/h2-7,12-13,27-28H,8-11,14H2,1H3. The van der Waals surface area contributed by atoms with Gasteiger partial charge in [-0.25, -0.2) is 4.99 Å². The zero-order valence-corrected chi connectivity index (χ0v) is 16.5. The lowest BCUT2D eigenvalue weighted by Gasteiger charge is -2.32. The number of aromatic hydroxyl groups is 1. The minimum atomic E-state index is 0.288.